The Balaban J connectivity index is 2.31. The molecule has 0 aromatic carbocycles. The fourth-order valence-corrected chi connectivity index (χ4v) is 1.22. The van der Waals surface area contributed by atoms with Gasteiger partial charge in [-0.05, 0) is 12.8 Å². The number of carbonyl (C=O) groups is 1. The lowest BCUT2D eigenvalue weighted by Crippen LogP contribution is -2.28. The number of ether oxygens (including phenoxy) is 1. The maximum atomic E-state index is 11.6. The minimum atomic E-state index is -4.56. The van der Waals surface area contributed by atoms with Crippen molar-refractivity contribution in [1.29, 1.82) is 0 Å². The molecule has 1 fully saturated rings. The van der Waals surface area contributed by atoms with Gasteiger partial charge in [-0.25, -0.2) is 0 Å². The zero-order chi connectivity index (χ0) is 9.19. The largest absolute Gasteiger partial charge is 0.522 e. The van der Waals surface area contributed by atoms with E-state index in [1.54, 1.807) is 0 Å². The summed E-state index contributed by atoms with van der Waals surface area (Å²) in [6, 6.07) is 0. The summed E-state index contributed by atoms with van der Waals surface area (Å²) in [5.74, 6) is 0.0250. The number of Topliss-reactive ketones (excluding diaryl/α,β-unsaturated/α-hetero) is 1. The minimum absolute atomic E-state index is 0.0250. The van der Waals surface area contributed by atoms with E-state index in [1.807, 2.05) is 0 Å². The molecule has 0 radical (unpaired) electrons. The van der Waals surface area contributed by atoms with Gasteiger partial charge in [0.25, 0.3) is 0 Å². The van der Waals surface area contributed by atoms with Crippen LogP contribution >= 0.6 is 0 Å². The molecule has 0 aliphatic heterocycles. The number of carbonyl (C=O) groups excluding carboxylic acids is 1. The molecule has 12 heavy (non-hydrogen) atoms. The molecule has 0 heterocycles. The smallest absolute Gasteiger partial charge is 0.300 e. The molecule has 0 aromatic rings. The standard InChI is InChI=1S/C7H9F3O2/c8-7(9,10)12-6-3-1-5(11)2-4-6/h6H,1-4H2. The Hall–Kier alpha value is -0.580. The monoisotopic (exact) mass is 182 g/mol. The first-order valence-corrected chi connectivity index (χ1v) is 3.73. The number of hydrogen-bond acceptors (Lipinski definition) is 2. The molecule has 1 aliphatic rings. The first-order valence-electron chi connectivity index (χ1n) is 3.73. The van der Waals surface area contributed by atoms with Gasteiger partial charge in [-0.15, -0.1) is 13.2 Å². The van der Waals surface area contributed by atoms with Crippen molar-refractivity contribution in [2.24, 2.45) is 0 Å². The van der Waals surface area contributed by atoms with E-state index in [0.717, 1.165) is 0 Å². The van der Waals surface area contributed by atoms with Gasteiger partial charge in [0.05, 0.1) is 6.10 Å². The second-order valence-electron chi connectivity index (χ2n) is 2.80. The van der Waals surface area contributed by atoms with Crippen LogP contribution in [-0.4, -0.2) is 18.2 Å². The van der Waals surface area contributed by atoms with Crippen LogP contribution in [0, 0.1) is 0 Å². The lowest BCUT2D eigenvalue weighted by molar-refractivity contribution is -0.344. The molecule has 1 rings (SSSR count). The lowest BCUT2D eigenvalue weighted by Gasteiger charge is -2.22. The van der Waals surface area contributed by atoms with Crippen LogP contribution in [0.3, 0.4) is 0 Å². The summed E-state index contributed by atoms with van der Waals surface area (Å²) in [6.07, 6.45) is -4.58. The van der Waals surface area contributed by atoms with Gasteiger partial charge in [-0.1, -0.05) is 0 Å². The third-order valence-corrected chi connectivity index (χ3v) is 1.79. The zero-order valence-corrected chi connectivity index (χ0v) is 6.36. The molecule has 0 atom stereocenters. The van der Waals surface area contributed by atoms with Gasteiger partial charge in [0.1, 0.15) is 5.78 Å². The van der Waals surface area contributed by atoms with Gasteiger partial charge in [-0.3, -0.25) is 9.53 Å². The number of halogens is 3. The Morgan fingerprint density at radius 3 is 2.17 bits per heavy atom. The van der Waals surface area contributed by atoms with E-state index in [1.165, 1.54) is 0 Å². The van der Waals surface area contributed by atoms with Gasteiger partial charge in [-0.2, -0.15) is 0 Å². The van der Waals surface area contributed by atoms with Crippen LogP contribution in [0.25, 0.3) is 0 Å². The number of rotatable bonds is 1. The Morgan fingerprint density at radius 1 is 1.25 bits per heavy atom. The molecule has 0 bridgehead atoms. The summed E-state index contributed by atoms with van der Waals surface area (Å²) in [5.41, 5.74) is 0. The molecule has 70 valence electrons. The molecule has 0 aromatic heterocycles. The van der Waals surface area contributed by atoms with Crippen molar-refractivity contribution < 1.29 is 22.7 Å². The fraction of sp³-hybridized carbons (Fsp3) is 0.857. The average molecular weight is 182 g/mol. The Kier molecular flexibility index (Phi) is 2.72. The number of ketones is 1. The van der Waals surface area contributed by atoms with Gasteiger partial charge in [0.15, 0.2) is 0 Å². The van der Waals surface area contributed by atoms with Crippen molar-refractivity contribution in [3.8, 4) is 0 Å². The summed E-state index contributed by atoms with van der Waals surface area (Å²) >= 11 is 0. The molecule has 0 saturated heterocycles. The molecular weight excluding hydrogens is 173 g/mol. The second kappa shape index (κ2) is 3.43. The summed E-state index contributed by atoms with van der Waals surface area (Å²) in [5, 5.41) is 0. The fourth-order valence-electron chi connectivity index (χ4n) is 1.22. The summed E-state index contributed by atoms with van der Waals surface area (Å²) in [7, 11) is 0. The highest BCUT2D eigenvalue weighted by molar-refractivity contribution is 5.79. The third kappa shape index (κ3) is 3.21. The highest BCUT2D eigenvalue weighted by Crippen LogP contribution is 2.26. The molecule has 5 heteroatoms. The summed E-state index contributed by atoms with van der Waals surface area (Å²) in [6.45, 7) is 0. The Morgan fingerprint density at radius 2 is 1.75 bits per heavy atom. The first-order chi connectivity index (χ1) is 5.47. The number of alkyl halides is 3. The van der Waals surface area contributed by atoms with Crippen molar-refractivity contribution in [3.05, 3.63) is 0 Å². The first kappa shape index (κ1) is 9.51. The Labute approximate surface area is 67.7 Å². The molecule has 2 nitrogen and oxygen atoms in total. The predicted octanol–water partition coefficient (Wildman–Crippen LogP) is 2.03. The van der Waals surface area contributed by atoms with Crippen molar-refractivity contribution >= 4 is 5.78 Å². The molecule has 0 N–H and O–H groups in total. The summed E-state index contributed by atoms with van der Waals surface area (Å²) < 4.78 is 38.7. The van der Waals surface area contributed by atoms with Crippen molar-refractivity contribution in [2.45, 2.75) is 38.1 Å². The maximum absolute atomic E-state index is 11.6. The van der Waals surface area contributed by atoms with E-state index in [4.69, 9.17) is 0 Å². The van der Waals surface area contributed by atoms with Gasteiger partial charge in [0.2, 0.25) is 0 Å². The SMILES string of the molecule is O=C1CCC(OC(F)(F)F)CC1. The van der Waals surface area contributed by atoms with Crippen LogP contribution in [0.15, 0.2) is 0 Å². The van der Waals surface area contributed by atoms with E-state index in [-0.39, 0.29) is 31.5 Å². The second-order valence-corrected chi connectivity index (χ2v) is 2.80. The van der Waals surface area contributed by atoms with Crippen LogP contribution < -0.4 is 0 Å². The van der Waals surface area contributed by atoms with Crippen LogP contribution in [0.4, 0.5) is 13.2 Å². The predicted molar refractivity (Wildman–Crippen MR) is 34.4 cm³/mol. The maximum Gasteiger partial charge on any atom is 0.522 e. The topological polar surface area (TPSA) is 26.3 Å². The minimum Gasteiger partial charge on any atom is -0.300 e. The van der Waals surface area contributed by atoms with Gasteiger partial charge < -0.3 is 0 Å². The van der Waals surface area contributed by atoms with Crippen LogP contribution in [0.2, 0.25) is 0 Å². The molecule has 1 aliphatic carbocycles. The highest BCUT2D eigenvalue weighted by atomic mass is 19.4. The van der Waals surface area contributed by atoms with Crippen molar-refractivity contribution in [2.75, 3.05) is 0 Å². The molecule has 0 spiro atoms. The zero-order valence-electron chi connectivity index (χ0n) is 6.36. The normalized spacial score (nSPS) is 21.4. The third-order valence-electron chi connectivity index (χ3n) is 1.79. The van der Waals surface area contributed by atoms with Crippen molar-refractivity contribution in [1.82, 2.24) is 0 Å². The molecule has 1 saturated carbocycles. The van der Waals surface area contributed by atoms with Crippen LogP contribution in [-0.2, 0) is 9.53 Å². The number of hydrogen-bond donors (Lipinski definition) is 0. The molecule has 0 amide bonds. The lowest BCUT2D eigenvalue weighted by atomic mass is 9.97. The van der Waals surface area contributed by atoms with E-state index >= 15 is 0 Å². The van der Waals surface area contributed by atoms with Gasteiger partial charge >= 0.3 is 6.36 Å². The van der Waals surface area contributed by atoms with E-state index in [9.17, 15) is 18.0 Å². The van der Waals surface area contributed by atoms with Gasteiger partial charge in [0, 0.05) is 12.8 Å². The Bertz CT molecular complexity index is 166. The molecular formula is C7H9F3O2. The van der Waals surface area contributed by atoms with Crippen LogP contribution in [0.1, 0.15) is 25.7 Å². The van der Waals surface area contributed by atoms with E-state index in [0.29, 0.717) is 0 Å². The van der Waals surface area contributed by atoms with Crippen molar-refractivity contribution in [3.63, 3.8) is 0 Å². The van der Waals surface area contributed by atoms with Crippen LogP contribution in [0.5, 0.6) is 0 Å². The highest BCUT2D eigenvalue weighted by Gasteiger charge is 2.34. The van der Waals surface area contributed by atoms with E-state index < -0.39 is 12.5 Å². The quantitative estimate of drug-likeness (QED) is 0.620. The average Bonchev–Trinajstić information content (AvgIpc) is 1.91. The molecule has 0 unspecified atom stereocenters. The summed E-state index contributed by atoms with van der Waals surface area (Å²) in [4.78, 5) is 10.6. The van der Waals surface area contributed by atoms with E-state index in [2.05, 4.69) is 4.74 Å².